The largest absolute Gasteiger partial charge is 0.385 e. The number of halogens is 1. The average Bonchev–Trinajstić information content (AvgIpc) is 3.36. The van der Waals surface area contributed by atoms with E-state index in [4.69, 9.17) is 9.73 Å². The van der Waals surface area contributed by atoms with Crippen LogP contribution < -0.4 is 10.6 Å². The fraction of sp³-hybridized carbons (Fsp3) is 0.632. The van der Waals surface area contributed by atoms with Gasteiger partial charge in [0.25, 0.3) is 0 Å². The Morgan fingerprint density at radius 3 is 2.56 bits per heavy atom. The van der Waals surface area contributed by atoms with Gasteiger partial charge >= 0.3 is 0 Å². The summed E-state index contributed by atoms with van der Waals surface area (Å²) in [5, 5.41) is 6.80. The van der Waals surface area contributed by atoms with E-state index < -0.39 is 0 Å². The van der Waals surface area contributed by atoms with Gasteiger partial charge in [-0.25, -0.2) is 0 Å². The maximum absolute atomic E-state index is 5.08. The van der Waals surface area contributed by atoms with Crippen LogP contribution in [0.5, 0.6) is 0 Å². The van der Waals surface area contributed by atoms with Crippen molar-refractivity contribution in [1.82, 2.24) is 10.6 Å². The highest BCUT2D eigenvalue weighted by molar-refractivity contribution is 14.0. The Labute approximate surface area is 174 Å². The molecule has 1 aromatic carbocycles. The number of thioether (sulfide) groups is 1. The van der Waals surface area contributed by atoms with Crippen LogP contribution >= 0.6 is 35.7 Å². The summed E-state index contributed by atoms with van der Waals surface area (Å²) in [5.74, 6) is 0.948. The summed E-state index contributed by atoms with van der Waals surface area (Å²) in [4.78, 5) is 6.18. The molecule has 4 nitrogen and oxygen atoms in total. The molecule has 6 heteroatoms. The monoisotopic (exact) mass is 477 g/mol. The summed E-state index contributed by atoms with van der Waals surface area (Å²) in [6.45, 7) is 5.71. The number of rotatable bonds is 11. The lowest BCUT2D eigenvalue weighted by atomic mass is 10.2. The van der Waals surface area contributed by atoms with Crippen molar-refractivity contribution in [3.8, 4) is 0 Å². The van der Waals surface area contributed by atoms with Crippen molar-refractivity contribution < 1.29 is 4.74 Å². The minimum absolute atomic E-state index is 0. The molecule has 1 aromatic rings. The van der Waals surface area contributed by atoms with Crippen molar-refractivity contribution in [3.05, 3.63) is 30.3 Å². The van der Waals surface area contributed by atoms with Crippen LogP contribution in [0.2, 0.25) is 0 Å². The molecular formula is C19H32IN3OS. The topological polar surface area (TPSA) is 45.7 Å². The number of hydrogen-bond acceptors (Lipinski definition) is 3. The zero-order chi connectivity index (χ0) is 17.1. The molecule has 1 fully saturated rings. The predicted molar refractivity (Wildman–Crippen MR) is 119 cm³/mol. The summed E-state index contributed by atoms with van der Waals surface area (Å²) in [6, 6.07) is 10.7. The zero-order valence-electron chi connectivity index (χ0n) is 15.4. The van der Waals surface area contributed by atoms with Crippen LogP contribution in [0.1, 0.15) is 39.0 Å². The fourth-order valence-electron chi connectivity index (χ4n) is 2.49. The van der Waals surface area contributed by atoms with Gasteiger partial charge in [0.05, 0.1) is 6.54 Å². The first-order valence-electron chi connectivity index (χ1n) is 9.03. The number of ether oxygens (including phenoxy) is 1. The lowest BCUT2D eigenvalue weighted by molar-refractivity contribution is 0.192. The van der Waals surface area contributed by atoms with Crippen LogP contribution in [0.15, 0.2) is 40.2 Å². The molecule has 2 N–H and O–H groups in total. The molecule has 1 saturated carbocycles. The Kier molecular flexibility index (Phi) is 11.6. The molecule has 0 heterocycles. The molecular weight excluding hydrogens is 445 g/mol. The molecule has 0 atom stereocenters. The van der Waals surface area contributed by atoms with E-state index in [2.05, 4.69) is 47.9 Å². The Hall–Kier alpha value is -0.470. The SMILES string of the molecule is CCNC(=NCC1(Sc2ccccc2)CC1)NCCCCCOC.I. The van der Waals surface area contributed by atoms with Crippen LogP contribution in [0.3, 0.4) is 0 Å². The fourth-order valence-corrected chi connectivity index (χ4v) is 3.72. The Morgan fingerprint density at radius 2 is 1.92 bits per heavy atom. The van der Waals surface area contributed by atoms with E-state index in [1.165, 1.54) is 24.2 Å². The lowest BCUT2D eigenvalue weighted by Crippen LogP contribution is -2.38. The molecule has 0 saturated heterocycles. The van der Waals surface area contributed by atoms with Crippen molar-refractivity contribution in [2.45, 2.75) is 48.7 Å². The van der Waals surface area contributed by atoms with Crippen LogP contribution in [0.25, 0.3) is 0 Å². The van der Waals surface area contributed by atoms with E-state index in [0.29, 0.717) is 4.75 Å². The molecule has 1 aliphatic carbocycles. The first-order valence-corrected chi connectivity index (χ1v) is 9.85. The molecule has 0 unspecified atom stereocenters. The molecule has 0 spiro atoms. The number of unbranched alkanes of at least 4 members (excludes halogenated alkanes) is 2. The number of hydrogen-bond donors (Lipinski definition) is 2. The highest BCUT2D eigenvalue weighted by Gasteiger charge is 2.43. The third-order valence-electron chi connectivity index (χ3n) is 4.07. The summed E-state index contributed by atoms with van der Waals surface area (Å²) in [6.07, 6.45) is 5.98. The van der Waals surface area contributed by atoms with Gasteiger partial charge in [-0.15, -0.1) is 35.7 Å². The first kappa shape index (κ1) is 22.6. The van der Waals surface area contributed by atoms with E-state index in [9.17, 15) is 0 Å². The second-order valence-corrected chi connectivity index (χ2v) is 7.82. The van der Waals surface area contributed by atoms with E-state index in [-0.39, 0.29) is 24.0 Å². The van der Waals surface area contributed by atoms with Crippen LogP contribution in [-0.4, -0.2) is 44.1 Å². The molecule has 1 aliphatic rings. The summed E-state index contributed by atoms with van der Waals surface area (Å²) < 4.78 is 5.39. The van der Waals surface area contributed by atoms with Gasteiger partial charge in [0.15, 0.2) is 5.96 Å². The third-order valence-corrected chi connectivity index (χ3v) is 5.55. The van der Waals surface area contributed by atoms with Crippen LogP contribution in [-0.2, 0) is 4.74 Å². The number of nitrogens with zero attached hydrogens (tertiary/aromatic N) is 1. The number of guanidine groups is 1. The van der Waals surface area contributed by atoms with Gasteiger partial charge in [0.2, 0.25) is 0 Å². The quantitative estimate of drug-likeness (QED) is 0.216. The molecule has 2 rings (SSSR count). The van der Waals surface area contributed by atoms with Crippen molar-refractivity contribution in [1.29, 1.82) is 0 Å². The van der Waals surface area contributed by atoms with E-state index in [1.807, 2.05) is 11.8 Å². The standard InChI is InChI=1S/C19H31N3OS.HI/c1-3-20-18(21-14-8-5-9-15-23-2)22-16-19(12-13-19)24-17-10-6-4-7-11-17;/h4,6-7,10-11H,3,5,8-9,12-16H2,1-2H3,(H2,20,21,22);1H. The maximum atomic E-state index is 5.08. The van der Waals surface area contributed by atoms with Gasteiger partial charge in [-0.1, -0.05) is 18.2 Å². The van der Waals surface area contributed by atoms with E-state index >= 15 is 0 Å². The number of aliphatic imine (C=N–C) groups is 1. The van der Waals surface area contributed by atoms with Gasteiger partial charge in [-0.3, -0.25) is 4.99 Å². The average molecular weight is 477 g/mol. The summed E-state index contributed by atoms with van der Waals surface area (Å²) in [5.41, 5.74) is 0. The summed E-state index contributed by atoms with van der Waals surface area (Å²) in [7, 11) is 1.76. The van der Waals surface area contributed by atoms with Gasteiger partial charge in [0, 0.05) is 36.4 Å². The van der Waals surface area contributed by atoms with E-state index in [0.717, 1.165) is 45.0 Å². The van der Waals surface area contributed by atoms with Gasteiger partial charge in [-0.05, 0) is 51.2 Å². The Balaban J connectivity index is 0.00000312. The molecule has 0 amide bonds. The highest BCUT2D eigenvalue weighted by atomic mass is 127. The maximum Gasteiger partial charge on any atom is 0.191 e. The second-order valence-electron chi connectivity index (χ2n) is 6.27. The number of methoxy groups -OCH3 is 1. The van der Waals surface area contributed by atoms with Crippen molar-refractivity contribution in [3.63, 3.8) is 0 Å². The molecule has 25 heavy (non-hydrogen) atoms. The minimum Gasteiger partial charge on any atom is -0.385 e. The minimum atomic E-state index is 0. The van der Waals surface area contributed by atoms with Crippen LogP contribution in [0.4, 0.5) is 0 Å². The van der Waals surface area contributed by atoms with Gasteiger partial charge in [0.1, 0.15) is 0 Å². The molecule has 0 aromatic heterocycles. The summed E-state index contributed by atoms with van der Waals surface area (Å²) >= 11 is 1.98. The third kappa shape index (κ3) is 9.15. The lowest BCUT2D eigenvalue weighted by Gasteiger charge is -2.15. The van der Waals surface area contributed by atoms with Gasteiger partial charge < -0.3 is 15.4 Å². The van der Waals surface area contributed by atoms with Crippen molar-refractivity contribution >= 4 is 41.7 Å². The Morgan fingerprint density at radius 1 is 1.16 bits per heavy atom. The number of benzene rings is 1. The smallest absolute Gasteiger partial charge is 0.191 e. The van der Waals surface area contributed by atoms with Gasteiger partial charge in [-0.2, -0.15) is 0 Å². The van der Waals surface area contributed by atoms with E-state index in [1.54, 1.807) is 7.11 Å². The highest BCUT2D eigenvalue weighted by Crippen LogP contribution is 2.51. The van der Waals surface area contributed by atoms with Crippen molar-refractivity contribution in [2.24, 2.45) is 4.99 Å². The molecule has 0 aliphatic heterocycles. The zero-order valence-corrected chi connectivity index (χ0v) is 18.6. The molecule has 142 valence electrons. The number of nitrogens with one attached hydrogen (secondary N) is 2. The van der Waals surface area contributed by atoms with Crippen LogP contribution in [0, 0.1) is 0 Å². The predicted octanol–water partition coefficient (Wildman–Crippen LogP) is 4.30. The molecule has 0 radical (unpaired) electrons. The van der Waals surface area contributed by atoms with Crippen molar-refractivity contribution in [2.75, 3.05) is 33.4 Å². The Bertz CT molecular complexity index is 495. The first-order chi connectivity index (χ1) is 11.8. The second kappa shape index (κ2) is 12.8. The normalized spacial score (nSPS) is 15.4. The molecule has 0 bridgehead atoms.